The molecule has 0 bridgehead atoms. The Hall–Kier alpha value is -2.33. The number of hydrogen-bond donors (Lipinski definition) is 0. The maximum absolute atomic E-state index is 12.1. The molecule has 0 saturated carbocycles. The highest BCUT2D eigenvalue weighted by Gasteiger charge is 2.53. The number of nitro benzene ring substituents is 1. The number of carbonyl (C=O) groups is 1. The van der Waals surface area contributed by atoms with Gasteiger partial charge in [-0.05, 0) is 61.0 Å². The number of likely N-dealkylation sites (tertiary alicyclic amines) is 1. The molecule has 2 aliphatic rings. The predicted octanol–water partition coefficient (Wildman–Crippen LogP) is 3.45. The number of nitrogens with zero attached hydrogens (tertiary/aromatic N) is 2. The Morgan fingerprint density at radius 2 is 1.78 bits per heavy atom. The zero-order chi connectivity index (χ0) is 24.1. The fourth-order valence-corrected chi connectivity index (χ4v) is 3.57. The molecule has 1 aromatic rings. The molecular formula is C22H33BN2O7. The summed E-state index contributed by atoms with van der Waals surface area (Å²) in [7, 11) is -0.784. The molecule has 0 aliphatic carbocycles. The molecular weight excluding hydrogens is 415 g/mol. The molecule has 2 heterocycles. The van der Waals surface area contributed by atoms with Crippen molar-refractivity contribution >= 4 is 24.4 Å². The summed E-state index contributed by atoms with van der Waals surface area (Å²) in [6, 6.07) is 3.29. The van der Waals surface area contributed by atoms with Gasteiger partial charge in [-0.15, -0.1) is 0 Å². The van der Waals surface area contributed by atoms with Gasteiger partial charge in [0, 0.05) is 30.5 Å². The van der Waals surface area contributed by atoms with Crippen molar-refractivity contribution in [3.8, 4) is 5.75 Å². The Labute approximate surface area is 189 Å². The molecule has 32 heavy (non-hydrogen) atoms. The molecule has 2 fully saturated rings. The SMILES string of the molecule is Cc1cc(B2OC(C)(C)C(C)(C)O2)c(OCC2CN(C(=O)OC(C)(C)C)C2)c([N+](=O)[O-])c1. The van der Waals surface area contributed by atoms with Crippen LogP contribution < -0.4 is 10.2 Å². The van der Waals surface area contributed by atoms with Crippen LogP contribution in [0.2, 0.25) is 0 Å². The molecule has 0 unspecified atom stereocenters. The van der Waals surface area contributed by atoms with E-state index >= 15 is 0 Å². The summed E-state index contributed by atoms with van der Waals surface area (Å²) in [4.78, 5) is 25.0. The molecule has 0 aromatic heterocycles. The zero-order valence-electron chi connectivity index (χ0n) is 20.2. The Morgan fingerprint density at radius 1 is 1.22 bits per heavy atom. The first-order valence-electron chi connectivity index (χ1n) is 10.8. The molecule has 2 saturated heterocycles. The highest BCUT2D eigenvalue weighted by molar-refractivity contribution is 6.63. The third-order valence-corrected chi connectivity index (χ3v) is 6.02. The molecule has 1 aromatic carbocycles. The largest absolute Gasteiger partial charge is 0.498 e. The monoisotopic (exact) mass is 448 g/mol. The number of carbonyl (C=O) groups excluding carboxylic acids is 1. The fraction of sp³-hybridized carbons (Fsp3) is 0.682. The highest BCUT2D eigenvalue weighted by atomic mass is 16.7. The van der Waals surface area contributed by atoms with E-state index in [0.717, 1.165) is 0 Å². The zero-order valence-corrected chi connectivity index (χ0v) is 20.2. The van der Waals surface area contributed by atoms with E-state index in [-0.39, 0.29) is 30.1 Å². The van der Waals surface area contributed by atoms with Crippen LogP contribution >= 0.6 is 0 Å². The number of nitro groups is 1. The summed E-state index contributed by atoms with van der Waals surface area (Å²) in [6.45, 7) is 16.1. The normalized spacial score (nSPS) is 20.1. The highest BCUT2D eigenvalue weighted by Crippen LogP contribution is 2.38. The summed E-state index contributed by atoms with van der Waals surface area (Å²) in [6.07, 6.45) is -0.368. The van der Waals surface area contributed by atoms with Crippen LogP contribution in [0.15, 0.2) is 12.1 Å². The second kappa shape index (κ2) is 8.22. The average molecular weight is 448 g/mol. The second-order valence-electron chi connectivity index (χ2n) is 10.6. The third-order valence-electron chi connectivity index (χ3n) is 6.02. The van der Waals surface area contributed by atoms with Gasteiger partial charge in [-0.1, -0.05) is 6.07 Å². The Morgan fingerprint density at radius 3 is 2.28 bits per heavy atom. The Kier molecular flexibility index (Phi) is 6.25. The van der Waals surface area contributed by atoms with Gasteiger partial charge < -0.3 is 23.7 Å². The minimum absolute atomic E-state index is 0.0505. The fourth-order valence-electron chi connectivity index (χ4n) is 3.57. The van der Waals surface area contributed by atoms with Crippen LogP contribution in [0.4, 0.5) is 10.5 Å². The van der Waals surface area contributed by atoms with Crippen molar-refractivity contribution in [2.75, 3.05) is 19.7 Å². The van der Waals surface area contributed by atoms with Gasteiger partial charge in [-0.3, -0.25) is 10.1 Å². The minimum Gasteiger partial charge on any atom is -0.487 e. The van der Waals surface area contributed by atoms with Crippen LogP contribution in [-0.4, -0.2) is 59.5 Å². The summed E-state index contributed by atoms with van der Waals surface area (Å²) in [5.41, 5.74) is -0.644. The molecule has 0 radical (unpaired) electrons. The number of aryl methyl sites for hydroxylation is 1. The Bertz CT molecular complexity index is 888. The maximum atomic E-state index is 12.1. The van der Waals surface area contributed by atoms with Gasteiger partial charge in [0.1, 0.15) is 5.60 Å². The van der Waals surface area contributed by atoms with E-state index in [1.807, 2.05) is 48.5 Å². The lowest BCUT2D eigenvalue weighted by Gasteiger charge is -2.39. The van der Waals surface area contributed by atoms with Gasteiger partial charge in [-0.25, -0.2) is 4.79 Å². The van der Waals surface area contributed by atoms with Crippen molar-refractivity contribution in [2.45, 2.75) is 72.2 Å². The maximum Gasteiger partial charge on any atom is 0.498 e. The lowest BCUT2D eigenvalue weighted by Crippen LogP contribution is -2.53. The van der Waals surface area contributed by atoms with Crippen molar-refractivity contribution in [2.24, 2.45) is 5.92 Å². The molecule has 9 nitrogen and oxygen atoms in total. The smallest absolute Gasteiger partial charge is 0.487 e. The first kappa shape index (κ1) is 24.3. The molecule has 1 amide bonds. The first-order chi connectivity index (χ1) is 14.6. The molecule has 10 heteroatoms. The molecule has 0 spiro atoms. The quantitative estimate of drug-likeness (QED) is 0.386. The van der Waals surface area contributed by atoms with Crippen molar-refractivity contribution < 1.29 is 28.5 Å². The Balaban J connectivity index is 1.75. The second-order valence-corrected chi connectivity index (χ2v) is 10.6. The lowest BCUT2D eigenvalue weighted by atomic mass is 9.77. The van der Waals surface area contributed by atoms with Gasteiger partial charge in [0.15, 0.2) is 5.75 Å². The van der Waals surface area contributed by atoms with Crippen LogP contribution in [0.25, 0.3) is 0 Å². The molecule has 3 rings (SSSR count). The molecule has 2 aliphatic heterocycles. The van der Waals surface area contributed by atoms with Gasteiger partial charge in [0.25, 0.3) is 0 Å². The standard InChI is InChI=1S/C22H33BN2O7/c1-14-9-16(23-31-21(5,6)22(7,8)32-23)18(17(10-14)25(27)28)29-13-15-11-24(12-15)19(26)30-20(2,3)4/h9-10,15H,11-13H2,1-8H3. The third kappa shape index (κ3) is 5.01. The van der Waals surface area contributed by atoms with Crippen LogP contribution in [-0.2, 0) is 14.0 Å². The average Bonchev–Trinajstić information content (AvgIpc) is 2.79. The van der Waals surface area contributed by atoms with Crippen LogP contribution in [0.1, 0.15) is 54.0 Å². The van der Waals surface area contributed by atoms with Crippen molar-refractivity contribution in [3.63, 3.8) is 0 Å². The van der Waals surface area contributed by atoms with E-state index in [2.05, 4.69) is 0 Å². The summed E-state index contributed by atoms with van der Waals surface area (Å²) < 4.78 is 23.6. The van der Waals surface area contributed by atoms with Crippen LogP contribution in [0.5, 0.6) is 5.75 Å². The first-order valence-corrected chi connectivity index (χ1v) is 10.8. The van der Waals surface area contributed by atoms with E-state index in [1.165, 1.54) is 6.07 Å². The number of amides is 1. The molecule has 0 N–H and O–H groups in total. The summed E-state index contributed by atoms with van der Waals surface area (Å²) in [5.74, 6) is 0.199. The van der Waals surface area contributed by atoms with Gasteiger partial charge in [0.2, 0.25) is 0 Å². The van der Waals surface area contributed by atoms with Gasteiger partial charge >= 0.3 is 18.9 Å². The molecule has 176 valence electrons. The lowest BCUT2D eigenvalue weighted by molar-refractivity contribution is -0.385. The van der Waals surface area contributed by atoms with Crippen molar-refractivity contribution in [1.82, 2.24) is 4.90 Å². The van der Waals surface area contributed by atoms with E-state index < -0.39 is 28.8 Å². The number of rotatable bonds is 5. The number of benzene rings is 1. The van der Waals surface area contributed by atoms with Crippen LogP contribution in [0.3, 0.4) is 0 Å². The van der Waals surface area contributed by atoms with Crippen molar-refractivity contribution in [3.05, 3.63) is 27.8 Å². The minimum atomic E-state index is -0.784. The predicted molar refractivity (Wildman–Crippen MR) is 120 cm³/mol. The van der Waals surface area contributed by atoms with Gasteiger partial charge in [-0.2, -0.15) is 0 Å². The summed E-state index contributed by atoms with van der Waals surface area (Å²) in [5, 5.41) is 11.8. The van der Waals surface area contributed by atoms with Gasteiger partial charge in [0.05, 0.1) is 22.7 Å². The van der Waals surface area contributed by atoms with E-state index in [9.17, 15) is 14.9 Å². The molecule has 0 atom stereocenters. The van der Waals surface area contributed by atoms with E-state index in [1.54, 1.807) is 17.9 Å². The van der Waals surface area contributed by atoms with E-state index in [0.29, 0.717) is 24.1 Å². The van der Waals surface area contributed by atoms with Crippen molar-refractivity contribution in [1.29, 1.82) is 0 Å². The van der Waals surface area contributed by atoms with E-state index in [4.69, 9.17) is 18.8 Å². The number of hydrogen-bond acceptors (Lipinski definition) is 7. The number of ether oxygens (including phenoxy) is 2. The summed E-state index contributed by atoms with van der Waals surface area (Å²) >= 11 is 0. The topological polar surface area (TPSA) is 100 Å². The van der Waals surface area contributed by atoms with Crippen LogP contribution in [0, 0.1) is 23.0 Å².